The third-order valence-corrected chi connectivity index (χ3v) is 4.04. The Labute approximate surface area is 133 Å². The minimum atomic E-state index is -0.786. The third-order valence-electron chi connectivity index (χ3n) is 4.04. The molecule has 0 amide bonds. The van der Waals surface area contributed by atoms with Gasteiger partial charge in [-0.2, -0.15) is 0 Å². The molecule has 0 aliphatic heterocycles. The molecule has 0 unspecified atom stereocenters. The van der Waals surface area contributed by atoms with Gasteiger partial charge in [0.1, 0.15) is 0 Å². The van der Waals surface area contributed by atoms with E-state index in [-0.39, 0.29) is 29.8 Å². The second-order valence-corrected chi connectivity index (χ2v) is 7.91. The van der Waals surface area contributed by atoms with E-state index in [9.17, 15) is 14.7 Å². The molecule has 0 bridgehead atoms. The van der Waals surface area contributed by atoms with Gasteiger partial charge in [0.2, 0.25) is 0 Å². The Bertz CT molecular complexity index is 326. The van der Waals surface area contributed by atoms with Crippen LogP contribution in [0.15, 0.2) is 0 Å². The van der Waals surface area contributed by atoms with Crippen LogP contribution in [0.25, 0.3) is 0 Å². The van der Waals surface area contributed by atoms with Gasteiger partial charge in [-0.1, -0.05) is 40.5 Å². The van der Waals surface area contributed by atoms with Gasteiger partial charge in [-0.25, -0.2) is 0 Å². The quantitative estimate of drug-likeness (QED) is 0.510. The number of carboxylic acid groups (broad SMARTS) is 2. The highest BCUT2D eigenvalue weighted by Gasteiger charge is 2.23. The fraction of sp³-hybridized carbons (Fsp3) is 0.882. The van der Waals surface area contributed by atoms with Crippen LogP contribution < -0.4 is 0 Å². The second-order valence-electron chi connectivity index (χ2n) is 7.91. The molecule has 0 aromatic rings. The van der Waals surface area contributed by atoms with Gasteiger partial charge in [0, 0.05) is 0 Å². The smallest absolute Gasteiger partial charge is 0.303 e. The number of aliphatic carboxylic acids is 2. The molecule has 0 saturated heterocycles. The van der Waals surface area contributed by atoms with Gasteiger partial charge in [-0.05, 0) is 36.5 Å². The molecule has 3 N–H and O–H groups in total. The molecule has 0 atom stereocenters. The van der Waals surface area contributed by atoms with Gasteiger partial charge in [-0.3, -0.25) is 9.59 Å². The highest BCUT2D eigenvalue weighted by molar-refractivity contribution is 5.67. The van der Waals surface area contributed by atoms with Crippen molar-refractivity contribution < 1.29 is 24.9 Å². The molecular weight excluding hydrogens is 284 g/mol. The highest BCUT2D eigenvalue weighted by atomic mass is 16.4. The lowest BCUT2D eigenvalue weighted by molar-refractivity contribution is -0.140. The first-order chi connectivity index (χ1) is 9.93. The number of hydrogen-bond acceptors (Lipinski definition) is 3. The number of aliphatic hydroxyl groups is 1. The van der Waals surface area contributed by atoms with Gasteiger partial charge >= 0.3 is 11.9 Å². The van der Waals surface area contributed by atoms with Gasteiger partial charge in [0.15, 0.2) is 0 Å². The van der Waals surface area contributed by atoms with Crippen LogP contribution in [0, 0.1) is 10.8 Å². The molecule has 0 fully saturated rings. The van der Waals surface area contributed by atoms with Crippen molar-refractivity contribution in [2.75, 3.05) is 0 Å². The van der Waals surface area contributed by atoms with Crippen LogP contribution in [0.1, 0.15) is 79.1 Å². The number of hydrogen-bond donors (Lipinski definition) is 3. The first-order valence-electron chi connectivity index (χ1n) is 8.05. The monoisotopic (exact) mass is 316 g/mol. The van der Waals surface area contributed by atoms with Crippen LogP contribution in [0.4, 0.5) is 0 Å². The Hall–Kier alpha value is -1.10. The fourth-order valence-electron chi connectivity index (χ4n) is 2.77. The van der Waals surface area contributed by atoms with Gasteiger partial charge in [-0.15, -0.1) is 0 Å². The number of carboxylic acids is 2. The van der Waals surface area contributed by atoms with Crippen LogP contribution in [0.5, 0.6) is 0 Å². The average molecular weight is 316 g/mol. The van der Waals surface area contributed by atoms with E-state index in [1.54, 1.807) is 0 Å². The molecule has 5 heteroatoms. The van der Waals surface area contributed by atoms with E-state index in [1.807, 2.05) is 27.7 Å². The zero-order chi connectivity index (χ0) is 17.4. The molecule has 130 valence electrons. The number of aliphatic hydroxyl groups excluding tert-OH is 1. The minimum Gasteiger partial charge on any atom is -0.481 e. The van der Waals surface area contributed by atoms with Crippen molar-refractivity contribution >= 4 is 11.9 Å². The summed E-state index contributed by atoms with van der Waals surface area (Å²) in [6.45, 7) is 7.73. The molecule has 0 spiro atoms. The topological polar surface area (TPSA) is 94.8 Å². The van der Waals surface area contributed by atoms with Crippen LogP contribution in [-0.2, 0) is 9.59 Å². The van der Waals surface area contributed by atoms with Gasteiger partial charge in [0.25, 0.3) is 0 Å². The van der Waals surface area contributed by atoms with E-state index in [0.717, 1.165) is 25.7 Å². The lowest BCUT2D eigenvalue weighted by atomic mass is 9.82. The first-order valence-corrected chi connectivity index (χ1v) is 8.05. The van der Waals surface area contributed by atoms with E-state index in [2.05, 4.69) is 0 Å². The summed E-state index contributed by atoms with van der Waals surface area (Å²) in [5, 5.41) is 27.6. The molecule has 0 heterocycles. The summed E-state index contributed by atoms with van der Waals surface area (Å²) < 4.78 is 0. The zero-order valence-corrected chi connectivity index (χ0v) is 14.4. The highest BCUT2D eigenvalue weighted by Crippen LogP contribution is 2.30. The van der Waals surface area contributed by atoms with E-state index in [0.29, 0.717) is 12.8 Å². The molecule has 0 saturated carbocycles. The lowest BCUT2D eigenvalue weighted by Gasteiger charge is -2.24. The van der Waals surface area contributed by atoms with Crippen LogP contribution >= 0.6 is 0 Å². The molecule has 22 heavy (non-hydrogen) atoms. The third kappa shape index (κ3) is 11.5. The molecular formula is C17H32O5. The Morgan fingerprint density at radius 1 is 0.818 bits per heavy atom. The van der Waals surface area contributed by atoms with Crippen molar-refractivity contribution in [3.8, 4) is 0 Å². The van der Waals surface area contributed by atoms with Gasteiger partial charge in [0.05, 0.1) is 18.9 Å². The SMILES string of the molecule is CC(C)(CCCC(O)CCCC(C)(C)CC(=O)O)CC(=O)O. The van der Waals surface area contributed by atoms with Crippen LogP contribution in [0.3, 0.4) is 0 Å². The maximum atomic E-state index is 10.7. The Morgan fingerprint density at radius 3 is 1.41 bits per heavy atom. The van der Waals surface area contributed by atoms with Gasteiger partial charge < -0.3 is 15.3 Å². The van der Waals surface area contributed by atoms with Crippen molar-refractivity contribution in [3.05, 3.63) is 0 Å². The zero-order valence-electron chi connectivity index (χ0n) is 14.4. The van der Waals surface area contributed by atoms with Crippen LogP contribution in [0.2, 0.25) is 0 Å². The molecule has 0 aromatic carbocycles. The Balaban J connectivity index is 3.89. The summed E-state index contributed by atoms with van der Waals surface area (Å²) >= 11 is 0. The predicted molar refractivity (Wildman–Crippen MR) is 85.8 cm³/mol. The summed E-state index contributed by atoms with van der Waals surface area (Å²) in [5.41, 5.74) is -0.482. The van der Waals surface area contributed by atoms with E-state index in [1.165, 1.54) is 0 Å². The molecule has 0 rings (SSSR count). The minimum absolute atomic E-state index is 0.145. The summed E-state index contributed by atoms with van der Waals surface area (Å²) in [5.74, 6) is -1.57. The maximum absolute atomic E-state index is 10.7. The van der Waals surface area contributed by atoms with Crippen molar-refractivity contribution in [1.82, 2.24) is 0 Å². The van der Waals surface area contributed by atoms with Crippen LogP contribution in [-0.4, -0.2) is 33.4 Å². The fourth-order valence-corrected chi connectivity index (χ4v) is 2.77. The lowest BCUT2D eigenvalue weighted by Crippen LogP contribution is -2.19. The standard InChI is InChI=1S/C17H32O5/c1-16(2,11-14(19)20)9-5-7-13(18)8-6-10-17(3,4)12-15(21)22/h13,18H,5-12H2,1-4H3,(H,19,20)(H,21,22). The van der Waals surface area contributed by atoms with Crippen molar-refractivity contribution in [2.24, 2.45) is 10.8 Å². The average Bonchev–Trinajstić information content (AvgIpc) is 2.23. The number of carbonyl (C=O) groups is 2. The molecule has 0 aliphatic carbocycles. The summed E-state index contributed by atoms with van der Waals surface area (Å²) in [7, 11) is 0. The molecule has 0 aromatic heterocycles. The first kappa shape index (κ1) is 20.9. The molecule has 0 aliphatic rings. The Kier molecular flexibility index (Phi) is 8.68. The summed E-state index contributed by atoms with van der Waals surface area (Å²) in [6, 6.07) is 0. The van der Waals surface area contributed by atoms with Crippen molar-refractivity contribution in [2.45, 2.75) is 85.2 Å². The molecule has 0 radical (unpaired) electrons. The van der Waals surface area contributed by atoms with E-state index >= 15 is 0 Å². The van der Waals surface area contributed by atoms with E-state index < -0.39 is 11.9 Å². The second kappa shape index (κ2) is 9.13. The van der Waals surface area contributed by atoms with Crippen molar-refractivity contribution in [3.63, 3.8) is 0 Å². The number of rotatable bonds is 12. The Morgan fingerprint density at radius 2 is 1.14 bits per heavy atom. The van der Waals surface area contributed by atoms with Crippen molar-refractivity contribution in [1.29, 1.82) is 0 Å². The van der Waals surface area contributed by atoms with E-state index in [4.69, 9.17) is 10.2 Å². The summed E-state index contributed by atoms with van der Waals surface area (Å²) in [4.78, 5) is 21.5. The summed E-state index contributed by atoms with van der Waals surface area (Å²) in [6.07, 6.45) is 4.41. The maximum Gasteiger partial charge on any atom is 0.303 e. The largest absolute Gasteiger partial charge is 0.481 e. The molecule has 5 nitrogen and oxygen atoms in total. The normalized spacial score (nSPS) is 12.6. The predicted octanol–water partition coefficient (Wildman–Crippen LogP) is 3.69.